The fourth-order valence-corrected chi connectivity index (χ4v) is 2.32. The first kappa shape index (κ1) is 13.2. The second kappa shape index (κ2) is 5.62. The largest absolute Gasteiger partial charge is 0.465 e. The molecule has 2 aromatic rings. The Balaban J connectivity index is 2.36. The number of anilines is 2. The van der Waals surface area contributed by atoms with Crippen LogP contribution in [0.2, 0.25) is 0 Å². The van der Waals surface area contributed by atoms with Crippen LogP contribution in [-0.2, 0) is 4.74 Å². The van der Waals surface area contributed by atoms with Gasteiger partial charge in [-0.2, -0.15) is 4.98 Å². The van der Waals surface area contributed by atoms with Gasteiger partial charge in [0.05, 0.1) is 7.11 Å². The Morgan fingerprint density at radius 2 is 2.11 bits per heavy atom. The molecule has 19 heavy (non-hydrogen) atoms. The van der Waals surface area contributed by atoms with E-state index < -0.39 is 11.5 Å². The van der Waals surface area contributed by atoms with Crippen LogP contribution in [0.1, 0.15) is 15.2 Å². The van der Waals surface area contributed by atoms with Crippen LogP contribution in [0, 0.1) is 6.92 Å². The number of methoxy groups -OCH3 is 1. The van der Waals surface area contributed by atoms with E-state index in [4.69, 9.17) is 0 Å². The maximum Gasteiger partial charge on any atom is 0.348 e. The highest BCUT2D eigenvalue weighted by atomic mass is 32.1. The van der Waals surface area contributed by atoms with Crippen LogP contribution in [0.15, 0.2) is 35.1 Å². The molecule has 0 aliphatic carbocycles. The normalized spacial score (nSPS) is 10.0. The van der Waals surface area contributed by atoms with Gasteiger partial charge < -0.3 is 10.1 Å². The highest BCUT2D eigenvalue weighted by Gasteiger charge is 2.10. The average molecular weight is 276 g/mol. The number of nitrogens with zero attached hydrogens (tertiary/aromatic N) is 1. The quantitative estimate of drug-likeness (QED) is 0.871. The number of hydrogen-bond donors (Lipinski definition) is 1. The number of esters is 1. The summed E-state index contributed by atoms with van der Waals surface area (Å²) < 4.78 is 4.60. The minimum Gasteiger partial charge on any atom is -0.465 e. The minimum absolute atomic E-state index is 0.221. The number of rotatable bonds is 3. The van der Waals surface area contributed by atoms with Gasteiger partial charge >= 0.3 is 5.97 Å². The van der Waals surface area contributed by atoms with Crippen molar-refractivity contribution in [3.05, 3.63) is 51.1 Å². The number of aromatic nitrogens is 1. The predicted molar refractivity (Wildman–Crippen MR) is 74.2 cm³/mol. The summed E-state index contributed by atoms with van der Waals surface area (Å²) in [6, 6.07) is 8.78. The summed E-state index contributed by atoms with van der Waals surface area (Å²) in [4.78, 5) is 26.9. The fourth-order valence-electron chi connectivity index (χ4n) is 1.48. The lowest BCUT2D eigenvalue weighted by molar-refractivity contribution is 0.0606. The molecular formula is C13H12N2O3S. The average Bonchev–Trinajstić information content (AvgIpc) is 2.40. The van der Waals surface area contributed by atoms with Crippen molar-refractivity contribution >= 4 is 28.1 Å². The second-order valence-electron chi connectivity index (χ2n) is 3.80. The van der Waals surface area contributed by atoms with Crippen molar-refractivity contribution in [2.24, 2.45) is 0 Å². The summed E-state index contributed by atoms with van der Waals surface area (Å²) in [5.41, 5.74) is 1.38. The van der Waals surface area contributed by atoms with Gasteiger partial charge in [-0.3, -0.25) is 4.79 Å². The zero-order valence-electron chi connectivity index (χ0n) is 10.5. The van der Waals surface area contributed by atoms with Gasteiger partial charge in [-0.25, -0.2) is 4.79 Å². The lowest BCUT2D eigenvalue weighted by atomic mass is 10.2. The number of aryl methyl sites for hydroxylation is 1. The van der Waals surface area contributed by atoms with E-state index >= 15 is 0 Å². The smallest absolute Gasteiger partial charge is 0.348 e. The molecule has 0 radical (unpaired) electrons. The van der Waals surface area contributed by atoms with E-state index in [9.17, 15) is 9.59 Å². The van der Waals surface area contributed by atoms with E-state index in [0.717, 1.165) is 22.6 Å². The molecule has 0 saturated carbocycles. The molecule has 1 N–H and O–H groups in total. The molecular weight excluding hydrogens is 264 g/mol. The topological polar surface area (TPSA) is 68.3 Å². The van der Waals surface area contributed by atoms with E-state index in [2.05, 4.69) is 15.0 Å². The summed E-state index contributed by atoms with van der Waals surface area (Å²) in [7, 11) is 1.27. The molecule has 1 heterocycles. The van der Waals surface area contributed by atoms with Crippen molar-refractivity contribution in [3.8, 4) is 0 Å². The van der Waals surface area contributed by atoms with E-state index in [1.165, 1.54) is 13.2 Å². The van der Waals surface area contributed by atoms with Gasteiger partial charge in [-0.1, -0.05) is 29.5 Å². The van der Waals surface area contributed by atoms with Crippen LogP contribution >= 0.6 is 11.3 Å². The lowest BCUT2D eigenvalue weighted by Gasteiger charge is -2.07. The summed E-state index contributed by atoms with van der Waals surface area (Å²) in [5, 5.41) is 3.40. The summed E-state index contributed by atoms with van der Waals surface area (Å²) in [6.45, 7) is 1.94. The standard InChI is InChI=1S/C13H12N2O3S/c1-8-5-3-4-6-9(8)14-13-15-11(16)7-10(19-13)12(17)18-2/h3-7H,1-2H3,(H,14,15,16). The summed E-state index contributed by atoms with van der Waals surface area (Å²) in [6.07, 6.45) is 0. The number of para-hydroxylation sites is 1. The van der Waals surface area contributed by atoms with Gasteiger partial charge in [0.1, 0.15) is 4.88 Å². The molecule has 1 aromatic heterocycles. The maximum absolute atomic E-state index is 11.5. The Morgan fingerprint density at radius 3 is 2.79 bits per heavy atom. The molecule has 0 spiro atoms. The molecule has 0 saturated heterocycles. The van der Waals surface area contributed by atoms with Crippen molar-refractivity contribution in [1.29, 1.82) is 0 Å². The number of carbonyl (C=O) groups excluding carboxylic acids is 1. The SMILES string of the molecule is COC(=O)c1cc(=O)nc(Nc2ccccc2C)s1. The van der Waals surface area contributed by atoms with Crippen LogP contribution in [0.4, 0.5) is 10.8 Å². The van der Waals surface area contributed by atoms with Crippen molar-refractivity contribution in [2.45, 2.75) is 6.92 Å². The molecule has 0 unspecified atom stereocenters. The molecule has 0 aliphatic heterocycles. The zero-order valence-corrected chi connectivity index (χ0v) is 11.3. The van der Waals surface area contributed by atoms with Gasteiger partial charge in [0.2, 0.25) is 0 Å². The van der Waals surface area contributed by atoms with Gasteiger partial charge in [0.15, 0.2) is 5.13 Å². The summed E-state index contributed by atoms with van der Waals surface area (Å²) >= 11 is 1.08. The van der Waals surface area contributed by atoms with Crippen LogP contribution in [-0.4, -0.2) is 18.1 Å². The van der Waals surface area contributed by atoms with E-state index in [0.29, 0.717) is 5.13 Å². The molecule has 0 bridgehead atoms. The van der Waals surface area contributed by atoms with Gasteiger partial charge in [0, 0.05) is 11.8 Å². The first-order valence-corrected chi connectivity index (χ1v) is 6.35. The van der Waals surface area contributed by atoms with Gasteiger partial charge in [0.25, 0.3) is 5.56 Å². The van der Waals surface area contributed by atoms with Crippen molar-refractivity contribution < 1.29 is 9.53 Å². The van der Waals surface area contributed by atoms with Crippen LogP contribution < -0.4 is 10.9 Å². The van der Waals surface area contributed by atoms with E-state index in [1.807, 2.05) is 31.2 Å². The highest BCUT2D eigenvalue weighted by molar-refractivity contribution is 7.17. The molecule has 0 fully saturated rings. The summed E-state index contributed by atoms with van der Waals surface area (Å²) in [5.74, 6) is -0.544. The van der Waals surface area contributed by atoms with Gasteiger partial charge in [-0.05, 0) is 18.6 Å². The monoisotopic (exact) mass is 276 g/mol. The van der Waals surface area contributed by atoms with E-state index in [-0.39, 0.29) is 4.88 Å². The number of hydrogen-bond acceptors (Lipinski definition) is 6. The molecule has 0 amide bonds. The third-order valence-electron chi connectivity index (χ3n) is 2.45. The number of carbonyl (C=O) groups is 1. The number of benzene rings is 1. The third kappa shape index (κ3) is 3.17. The zero-order chi connectivity index (χ0) is 13.8. The molecule has 6 heteroatoms. The Kier molecular flexibility index (Phi) is 3.91. The van der Waals surface area contributed by atoms with Crippen molar-refractivity contribution in [2.75, 3.05) is 12.4 Å². The first-order valence-electron chi connectivity index (χ1n) is 5.53. The number of ether oxygens (including phenoxy) is 1. The van der Waals surface area contributed by atoms with Crippen LogP contribution in [0.25, 0.3) is 0 Å². The molecule has 1 aromatic carbocycles. The minimum atomic E-state index is -0.544. The maximum atomic E-state index is 11.5. The molecule has 98 valence electrons. The van der Waals surface area contributed by atoms with E-state index in [1.54, 1.807) is 0 Å². The molecule has 0 aliphatic rings. The Morgan fingerprint density at radius 1 is 1.37 bits per heavy atom. The molecule has 2 rings (SSSR count). The molecule has 0 atom stereocenters. The highest BCUT2D eigenvalue weighted by Crippen LogP contribution is 2.22. The lowest BCUT2D eigenvalue weighted by Crippen LogP contribution is -2.11. The first-order chi connectivity index (χ1) is 9.10. The van der Waals surface area contributed by atoms with Gasteiger partial charge in [-0.15, -0.1) is 0 Å². The molecule has 5 nitrogen and oxygen atoms in total. The van der Waals surface area contributed by atoms with Crippen molar-refractivity contribution in [3.63, 3.8) is 0 Å². The van der Waals surface area contributed by atoms with Crippen molar-refractivity contribution in [1.82, 2.24) is 4.98 Å². The van der Waals surface area contributed by atoms with Crippen LogP contribution in [0.3, 0.4) is 0 Å². The second-order valence-corrected chi connectivity index (χ2v) is 4.83. The third-order valence-corrected chi connectivity index (χ3v) is 3.34. The fraction of sp³-hybridized carbons (Fsp3) is 0.154. The predicted octanol–water partition coefficient (Wildman–Crippen LogP) is 2.34. The Labute approximate surface area is 113 Å². The number of nitrogens with one attached hydrogen (secondary N) is 1. The van der Waals surface area contributed by atoms with Crippen LogP contribution in [0.5, 0.6) is 0 Å². The Hall–Kier alpha value is -2.21. The Bertz CT molecular complexity index is 667.